The molecule has 0 atom stereocenters. The first-order valence-electron chi connectivity index (χ1n) is 10.6. The van der Waals surface area contributed by atoms with E-state index >= 15 is 0 Å². The summed E-state index contributed by atoms with van der Waals surface area (Å²) in [4.78, 5) is 27.5. The normalized spacial score (nSPS) is 12.7. The van der Waals surface area contributed by atoms with Gasteiger partial charge in [0.1, 0.15) is 0 Å². The van der Waals surface area contributed by atoms with Crippen LogP contribution < -0.4 is 21.6 Å². The van der Waals surface area contributed by atoms with Gasteiger partial charge in [-0.3, -0.25) is 5.32 Å². The fraction of sp³-hybridized carbons (Fsp3) is 0. The SMILES string of the molecule is c1ccc(N=c2nc3n4c(nc(Nc5ccccc5)nc4n2)NC(Nc2ccccc2)=N3)cc1. The maximum Gasteiger partial charge on any atom is 0.256 e. The summed E-state index contributed by atoms with van der Waals surface area (Å²) in [5.41, 5.74) is 2.71. The summed E-state index contributed by atoms with van der Waals surface area (Å²) in [6.45, 7) is 0. The molecule has 0 spiro atoms. The Labute approximate surface area is 193 Å². The van der Waals surface area contributed by atoms with Crippen LogP contribution >= 0.6 is 0 Å². The van der Waals surface area contributed by atoms with Crippen molar-refractivity contribution in [2.24, 2.45) is 9.98 Å². The van der Waals surface area contributed by atoms with Gasteiger partial charge in [-0.05, 0) is 36.4 Å². The number of aliphatic imine (C=N–C) groups is 1. The predicted molar refractivity (Wildman–Crippen MR) is 131 cm³/mol. The molecule has 0 amide bonds. The Hall–Kier alpha value is -5.12. The smallest absolute Gasteiger partial charge is 0.256 e. The van der Waals surface area contributed by atoms with E-state index in [1.54, 1.807) is 4.40 Å². The molecule has 1 aliphatic heterocycles. The summed E-state index contributed by atoms with van der Waals surface area (Å²) in [5.74, 6) is 2.04. The van der Waals surface area contributed by atoms with Gasteiger partial charge < -0.3 is 10.6 Å². The number of hydrogen-bond donors (Lipinski definition) is 3. The van der Waals surface area contributed by atoms with Crippen LogP contribution in [0.5, 0.6) is 0 Å². The fourth-order valence-corrected chi connectivity index (χ4v) is 3.41. The first kappa shape index (κ1) is 19.6. The molecule has 0 saturated carbocycles. The monoisotopic (exact) mass is 446 g/mol. The molecule has 0 aliphatic carbocycles. The zero-order valence-corrected chi connectivity index (χ0v) is 17.8. The molecule has 0 unspecified atom stereocenters. The molecule has 10 heteroatoms. The molecule has 10 nitrogen and oxygen atoms in total. The number of rotatable bonds is 4. The quantitative estimate of drug-likeness (QED) is 0.382. The van der Waals surface area contributed by atoms with E-state index in [4.69, 9.17) is 0 Å². The second-order valence-corrected chi connectivity index (χ2v) is 7.34. The van der Waals surface area contributed by atoms with Gasteiger partial charge in [-0.1, -0.05) is 54.6 Å². The minimum atomic E-state index is 0.251. The highest BCUT2D eigenvalue weighted by Crippen LogP contribution is 2.22. The number of hydrogen-bond acceptors (Lipinski definition) is 9. The second-order valence-electron chi connectivity index (χ2n) is 7.34. The maximum atomic E-state index is 4.63. The molecule has 5 aromatic rings. The summed E-state index contributed by atoms with van der Waals surface area (Å²) in [5, 5.41) is 9.68. The van der Waals surface area contributed by atoms with Crippen molar-refractivity contribution in [1.29, 1.82) is 0 Å². The van der Waals surface area contributed by atoms with Crippen molar-refractivity contribution in [3.8, 4) is 0 Å². The number of nitrogens with one attached hydrogen (secondary N) is 3. The third-order valence-electron chi connectivity index (χ3n) is 4.92. The highest BCUT2D eigenvalue weighted by molar-refractivity contribution is 6.05. The largest absolute Gasteiger partial charge is 0.326 e. The number of benzene rings is 3. The van der Waals surface area contributed by atoms with Crippen LogP contribution in [-0.2, 0) is 0 Å². The van der Waals surface area contributed by atoms with Crippen LogP contribution in [-0.4, -0.2) is 30.3 Å². The van der Waals surface area contributed by atoms with E-state index in [1.807, 2.05) is 91.0 Å². The molecule has 1 aliphatic rings. The molecule has 6 rings (SSSR count). The molecule has 0 bridgehead atoms. The van der Waals surface area contributed by atoms with Crippen molar-refractivity contribution in [3.63, 3.8) is 0 Å². The van der Waals surface area contributed by atoms with Crippen molar-refractivity contribution in [3.05, 3.63) is 96.6 Å². The van der Waals surface area contributed by atoms with Crippen LogP contribution in [0.25, 0.3) is 5.78 Å². The lowest BCUT2D eigenvalue weighted by Gasteiger charge is -2.19. The minimum Gasteiger partial charge on any atom is -0.326 e. The Morgan fingerprint density at radius 3 is 2.03 bits per heavy atom. The maximum absolute atomic E-state index is 4.63. The molecule has 164 valence electrons. The molecular weight excluding hydrogens is 428 g/mol. The standard InChI is InChI=1S/C24H18N10/c1-4-10-16(11-5-1)25-19-28-22-30-20(26-17-12-6-2-7-13-17)32-24-33-21(31-23(29-19)34(22)24)27-18-14-8-3-9-15-18/h1-15H,(H3,25,26,27,28,29,30,31,32,33). The van der Waals surface area contributed by atoms with Gasteiger partial charge in [0.15, 0.2) is 0 Å². The van der Waals surface area contributed by atoms with Gasteiger partial charge in [0, 0.05) is 11.4 Å². The average molecular weight is 446 g/mol. The van der Waals surface area contributed by atoms with Gasteiger partial charge in [-0.15, -0.1) is 0 Å². The zero-order valence-electron chi connectivity index (χ0n) is 17.8. The van der Waals surface area contributed by atoms with E-state index in [-0.39, 0.29) is 5.62 Å². The summed E-state index contributed by atoms with van der Waals surface area (Å²) >= 11 is 0. The van der Waals surface area contributed by atoms with Crippen molar-refractivity contribution < 1.29 is 0 Å². The summed E-state index contributed by atoms with van der Waals surface area (Å²) in [7, 11) is 0. The van der Waals surface area contributed by atoms with Gasteiger partial charge in [0.2, 0.25) is 29.6 Å². The summed E-state index contributed by atoms with van der Waals surface area (Å²) < 4.78 is 1.65. The van der Waals surface area contributed by atoms with Gasteiger partial charge in [-0.2, -0.15) is 24.9 Å². The Bertz CT molecular complexity index is 1560. The van der Waals surface area contributed by atoms with E-state index < -0.39 is 0 Å². The summed E-state index contributed by atoms with van der Waals surface area (Å²) in [6.07, 6.45) is 0. The number of anilines is 4. The lowest BCUT2D eigenvalue weighted by Crippen LogP contribution is -2.30. The topological polar surface area (TPSA) is 117 Å². The van der Waals surface area contributed by atoms with E-state index in [0.717, 1.165) is 17.1 Å². The van der Waals surface area contributed by atoms with Crippen LogP contribution in [0.4, 0.5) is 34.9 Å². The lowest BCUT2D eigenvalue weighted by atomic mass is 10.3. The zero-order chi connectivity index (χ0) is 22.7. The molecule has 0 fully saturated rings. The first-order chi connectivity index (χ1) is 16.8. The lowest BCUT2D eigenvalue weighted by molar-refractivity contribution is 0.877. The molecular formula is C24H18N10. The molecule has 0 radical (unpaired) electrons. The van der Waals surface area contributed by atoms with E-state index in [0.29, 0.717) is 29.6 Å². The number of para-hydroxylation sites is 3. The van der Waals surface area contributed by atoms with Crippen molar-refractivity contribution in [2.75, 3.05) is 16.0 Å². The van der Waals surface area contributed by atoms with Crippen LogP contribution in [0.2, 0.25) is 0 Å². The molecule has 0 saturated heterocycles. The summed E-state index contributed by atoms with van der Waals surface area (Å²) in [6, 6.07) is 28.9. The third-order valence-corrected chi connectivity index (χ3v) is 4.92. The molecule has 3 heterocycles. The Balaban J connectivity index is 1.49. The van der Waals surface area contributed by atoms with Crippen molar-refractivity contribution >= 4 is 46.6 Å². The Kier molecular flexibility index (Phi) is 4.85. The van der Waals surface area contributed by atoms with E-state index in [1.165, 1.54) is 0 Å². The fourth-order valence-electron chi connectivity index (χ4n) is 3.41. The van der Waals surface area contributed by atoms with Gasteiger partial charge in [0.05, 0.1) is 5.69 Å². The van der Waals surface area contributed by atoms with Gasteiger partial charge >= 0.3 is 0 Å². The van der Waals surface area contributed by atoms with Crippen molar-refractivity contribution in [1.82, 2.24) is 24.3 Å². The molecule has 34 heavy (non-hydrogen) atoms. The third kappa shape index (κ3) is 4.02. The Morgan fingerprint density at radius 2 is 1.32 bits per heavy atom. The van der Waals surface area contributed by atoms with Crippen LogP contribution in [0.1, 0.15) is 0 Å². The Morgan fingerprint density at radius 1 is 0.676 bits per heavy atom. The number of aromatic nitrogens is 5. The van der Waals surface area contributed by atoms with Crippen LogP contribution in [0.15, 0.2) is 101 Å². The molecule has 2 aromatic heterocycles. The first-order valence-corrected chi connectivity index (χ1v) is 10.6. The van der Waals surface area contributed by atoms with Crippen LogP contribution in [0, 0.1) is 0 Å². The predicted octanol–water partition coefficient (Wildman–Crippen LogP) is 4.02. The van der Waals surface area contributed by atoms with Gasteiger partial charge in [0.25, 0.3) is 5.62 Å². The highest BCUT2D eigenvalue weighted by Gasteiger charge is 2.20. The number of nitrogens with zero attached hydrogens (tertiary/aromatic N) is 7. The molecule has 3 aromatic carbocycles. The minimum absolute atomic E-state index is 0.251. The van der Waals surface area contributed by atoms with E-state index in [9.17, 15) is 0 Å². The van der Waals surface area contributed by atoms with Gasteiger partial charge in [-0.25, -0.2) is 9.39 Å². The molecule has 3 N–H and O–H groups in total. The average Bonchev–Trinajstić information content (AvgIpc) is 2.85. The number of guanidine groups is 1. The van der Waals surface area contributed by atoms with Crippen LogP contribution in [0.3, 0.4) is 0 Å². The van der Waals surface area contributed by atoms with Crippen molar-refractivity contribution in [2.45, 2.75) is 0 Å². The highest BCUT2D eigenvalue weighted by atomic mass is 15.4. The van der Waals surface area contributed by atoms with E-state index in [2.05, 4.69) is 45.9 Å². The second kappa shape index (κ2) is 8.43.